The molecule has 1 aliphatic heterocycles. The summed E-state index contributed by atoms with van der Waals surface area (Å²) in [5.41, 5.74) is -0.187. The van der Waals surface area contributed by atoms with Gasteiger partial charge in [-0.1, -0.05) is 6.92 Å². The highest BCUT2D eigenvalue weighted by molar-refractivity contribution is 6.18. The predicted octanol–water partition coefficient (Wildman–Crippen LogP) is 0.334. The molecule has 1 rings (SSSR count). The van der Waals surface area contributed by atoms with Gasteiger partial charge in [-0.15, -0.1) is 0 Å². The van der Waals surface area contributed by atoms with Crippen LogP contribution in [0.2, 0.25) is 0 Å². The molecule has 0 spiro atoms. The van der Waals surface area contributed by atoms with Crippen LogP contribution in [0.3, 0.4) is 0 Å². The van der Waals surface area contributed by atoms with Gasteiger partial charge >= 0.3 is 5.97 Å². The van der Waals surface area contributed by atoms with Gasteiger partial charge in [0.05, 0.1) is 0 Å². The number of aliphatic hydroxyl groups is 1. The predicted molar refractivity (Wildman–Crippen MR) is 35.9 cm³/mol. The third-order valence-electron chi connectivity index (χ3n) is 1.43. The van der Waals surface area contributed by atoms with Crippen molar-refractivity contribution in [3.63, 3.8) is 0 Å². The Hall–Kier alpha value is -1.32. The largest absolute Gasteiger partial charge is 0.508 e. The molecule has 0 saturated carbocycles. The molecule has 4 nitrogen and oxygen atoms in total. The number of rotatable bonds is 2. The van der Waals surface area contributed by atoms with E-state index in [0.29, 0.717) is 0 Å². The SMILES string of the molecule is CCC(=O)C1=C(O)COC1=O. The Kier molecular flexibility index (Phi) is 1.94. The lowest BCUT2D eigenvalue weighted by atomic mass is 10.1. The van der Waals surface area contributed by atoms with E-state index >= 15 is 0 Å². The summed E-state index contributed by atoms with van der Waals surface area (Å²) < 4.78 is 4.42. The number of hydrogen-bond acceptors (Lipinski definition) is 4. The second-order valence-electron chi connectivity index (χ2n) is 2.17. The van der Waals surface area contributed by atoms with Gasteiger partial charge in [0.25, 0.3) is 0 Å². The van der Waals surface area contributed by atoms with Crippen molar-refractivity contribution in [3.05, 3.63) is 11.3 Å². The van der Waals surface area contributed by atoms with Crippen molar-refractivity contribution in [3.8, 4) is 0 Å². The molecular weight excluding hydrogens is 148 g/mol. The molecule has 1 heterocycles. The summed E-state index contributed by atoms with van der Waals surface area (Å²) in [4.78, 5) is 21.6. The molecule has 0 unspecified atom stereocenters. The summed E-state index contributed by atoms with van der Waals surface area (Å²) in [5, 5.41) is 8.97. The van der Waals surface area contributed by atoms with Crippen LogP contribution in [0.25, 0.3) is 0 Å². The Morgan fingerprint density at radius 3 is 2.73 bits per heavy atom. The van der Waals surface area contributed by atoms with Crippen LogP contribution in [-0.4, -0.2) is 23.5 Å². The first-order valence-electron chi connectivity index (χ1n) is 3.29. The molecule has 0 aromatic heterocycles. The molecule has 11 heavy (non-hydrogen) atoms. The summed E-state index contributed by atoms with van der Waals surface area (Å²) in [6, 6.07) is 0. The number of hydrogen-bond donors (Lipinski definition) is 1. The first-order valence-corrected chi connectivity index (χ1v) is 3.29. The number of Topliss-reactive ketones (excluding diaryl/α,β-unsaturated/α-hetero) is 1. The van der Waals surface area contributed by atoms with Gasteiger partial charge in [0.2, 0.25) is 0 Å². The molecule has 0 saturated heterocycles. The Morgan fingerprint density at radius 2 is 2.36 bits per heavy atom. The van der Waals surface area contributed by atoms with E-state index in [1.807, 2.05) is 0 Å². The number of ketones is 1. The number of aliphatic hydroxyl groups excluding tert-OH is 1. The maximum atomic E-state index is 10.9. The number of ether oxygens (including phenoxy) is 1. The molecule has 0 amide bonds. The number of carbonyl (C=O) groups is 2. The fourth-order valence-corrected chi connectivity index (χ4v) is 0.848. The monoisotopic (exact) mass is 156 g/mol. The van der Waals surface area contributed by atoms with Crippen LogP contribution in [0, 0.1) is 0 Å². The average molecular weight is 156 g/mol. The first kappa shape index (κ1) is 7.78. The van der Waals surface area contributed by atoms with Gasteiger partial charge in [-0.25, -0.2) is 4.79 Å². The molecule has 0 aliphatic carbocycles. The Labute approximate surface area is 63.5 Å². The highest BCUT2D eigenvalue weighted by Crippen LogP contribution is 2.15. The summed E-state index contributed by atoms with van der Waals surface area (Å²) in [6.45, 7) is 1.45. The molecule has 1 aliphatic rings. The van der Waals surface area contributed by atoms with Crippen LogP contribution in [-0.2, 0) is 14.3 Å². The fourth-order valence-electron chi connectivity index (χ4n) is 0.848. The van der Waals surface area contributed by atoms with E-state index in [-0.39, 0.29) is 30.1 Å². The zero-order valence-electron chi connectivity index (χ0n) is 6.09. The van der Waals surface area contributed by atoms with Gasteiger partial charge < -0.3 is 9.84 Å². The molecule has 0 bridgehead atoms. The molecule has 0 aromatic carbocycles. The fraction of sp³-hybridized carbons (Fsp3) is 0.429. The van der Waals surface area contributed by atoms with E-state index in [0.717, 1.165) is 0 Å². The zero-order chi connectivity index (χ0) is 8.43. The van der Waals surface area contributed by atoms with E-state index in [9.17, 15) is 9.59 Å². The van der Waals surface area contributed by atoms with Gasteiger partial charge in [-0.05, 0) is 0 Å². The van der Waals surface area contributed by atoms with E-state index in [1.165, 1.54) is 0 Å². The standard InChI is InChI=1S/C7H8O4/c1-2-4(8)6-5(9)3-11-7(6)10/h9H,2-3H2,1H3. The minimum absolute atomic E-state index is 0.167. The van der Waals surface area contributed by atoms with Crippen molar-refractivity contribution < 1.29 is 19.4 Å². The smallest absolute Gasteiger partial charge is 0.345 e. The van der Waals surface area contributed by atoms with Crippen molar-refractivity contribution in [2.75, 3.05) is 6.61 Å². The number of cyclic esters (lactones) is 1. The molecule has 60 valence electrons. The first-order chi connectivity index (χ1) is 5.16. The van der Waals surface area contributed by atoms with E-state index < -0.39 is 5.97 Å². The number of carbonyl (C=O) groups excluding carboxylic acids is 2. The van der Waals surface area contributed by atoms with Crippen LogP contribution < -0.4 is 0 Å². The lowest BCUT2D eigenvalue weighted by molar-refractivity contribution is -0.137. The van der Waals surface area contributed by atoms with Crippen LogP contribution >= 0.6 is 0 Å². The normalized spacial score (nSPS) is 17.0. The molecule has 0 aromatic rings. The molecule has 0 atom stereocenters. The van der Waals surface area contributed by atoms with E-state index in [1.54, 1.807) is 6.92 Å². The Morgan fingerprint density at radius 1 is 1.73 bits per heavy atom. The highest BCUT2D eigenvalue weighted by atomic mass is 16.5. The van der Waals surface area contributed by atoms with Crippen molar-refractivity contribution in [2.45, 2.75) is 13.3 Å². The minimum Gasteiger partial charge on any atom is -0.508 e. The van der Waals surface area contributed by atoms with Crippen LogP contribution in [0.5, 0.6) is 0 Å². The van der Waals surface area contributed by atoms with Crippen LogP contribution in [0.4, 0.5) is 0 Å². The van der Waals surface area contributed by atoms with Crippen molar-refractivity contribution >= 4 is 11.8 Å². The van der Waals surface area contributed by atoms with E-state index in [2.05, 4.69) is 4.74 Å². The lowest BCUT2D eigenvalue weighted by Gasteiger charge is -1.92. The van der Waals surface area contributed by atoms with Gasteiger partial charge in [-0.2, -0.15) is 0 Å². The van der Waals surface area contributed by atoms with Gasteiger partial charge in [0.1, 0.15) is 17.9 Å². The highest BCUT2D eigenvalue weighted by Gasteiger charge is 2.29. The Balaban J connectivity index is 2.92. The maximum absolute atomic E-state index is 10.9. The number of esters is 1. The molecular formula is C7H8O4. The second kappa shape index (κ2) is 2.74. The zero-order valence-corrected chi connectivity index (χ0v) is 6.09. The van der Waals surface area contributed by atoms with Crippen LogP contribution in [0.1, 0.15) is 13.3 Å². The molecule has 1 N–H and O–H groups in total. The minimum atomic E-state index is -0.714. The second-order valence-corrected chi connectivity index (χ2v) is 2.17. The van der Waals surface area contributed by atoms with Crippen molar-refractivity contribution in [1.29, 1.82) is 0 Å². The molecule has 0 fully saturated rings. The summed E-state index contributed by atoms with van der Waals surface area (Å²) >= 11 is 0. The van der Waals surface area contributed by atoms with Gasteiger partial charge in [-0.3, -0.25) is 4.79 Å². The third kappa shape index (κ3) is 1.24. The quantitative estimate of drug-likeness (QED) is 0.462. The van der Waals surface area contributed by atoms with Crippen LogP contribution in [0.15, 0.2) is 11.3 Å². The molecule has 4 heteroatoms. The molecule has 0 radical (unpaired) electrons. The van der Waals surface area contributed by atoms with Gasteiger partial charge in [0.15, 0.2) is 5.78 Å². The summed E-state index contributed by atoms with van der Waals surface area (Å²) in [5.74, 6) is -1.33. The Bertz CT molecular complexity index is 239. The van der Waals surface area contributed by atoms with Gasteiger partial charge in [0, 0.05) is 6.42 Å². The van der Waals surface area contributed by atoms with Crippen molar-refractivity contribution in [1.82, 2.24) is 0 Å². The summed E-state index contributed by atoms with van der Waals surface area (Å²) in [7, 11) is 0. The van der Waals surface area contributed by atoms with E-state index in [4.69, 9.17) is 5.11 Å². The third-order valence-corrected chi connectivity index (χ3v) is 1.43. The topological polar surface area (TPSA) is 63.6 Å². The van der Waals surface area contributed by atoms with Crippen molar-refractivity contribution in [2.24, 2.45) is 0 Å². The average Bonchev–Trinajstić information content (AvgIpc) is 2.30. The lowest BCUT2D eigenvalue weighted by Crippen LogP contribution is -2.09. The summed E-state index contributed by atoms with van der Waals surface area (Å²) in [6.07, 6.45) is 0.203. The maximum Gasteiger partial charge on any atom is 0.345 e.